The smallest absolute Gasteiger partial charge is 0.314 e. The van der Waals surface area contributed by atoms with Crippen molar-refractivity contribution in [2.75, 3.05) is 16.4 Å². The quantitative estimate of drug-likeness (QED) is 0.735. The van der Waals surface area contributed by atoms with E-state index in [1.807, 2.05) is 44.2 Å². The van der Waals surface area contributed by atoms with Crippen molar-refractivity contribution in [2.24, 2.45) is 0 Å². The van der Waals surface area contributed by atoms with Crippen molar-refractivity contribution in [2.45, 2.75) is 32.5 Å². The number of rotatable bonds is 3. The first-order valence-corrected chi connectivity index (χ1v) is 11.1. The van der Waals surface area contributed by atoms with E-state index in [0.717, 1.165) is 22.4 Å². The lowest BCUT2D eigenvalue weighted by atomic mass is 10.1. The molecular formula is C20H21ClN2O3S. The van der Waals surface area contributed by atoms with Gasteiger partial charge in [0.05, 0.1) is 23.6 Å². The fraction of sp³-hybridized carbons (Fsp3) is 0.350. The molecule has 2 aliphatic rings. The number of anilines is 1. The van der Waals surface area contributed by atoms with Crippen LogP contribution in [0.5, 0.6) is 0 Å². The standard InChI is InChI=1S/C20H21ClN2O3S/c1-13-7-14(2)9-17(8-13)23-19-12-27(25,26)11-18(19)22(20(23)24)10-15-3-5-16(21)6-4-15/h3-9,18-19H,10-12H2,1-2H3/t18-,19+/m1/s1. The molecule has 2 aromatic rings. The lowest BCUT2D eigenvalue weighted by molar-refractivity contribution is 0.206. The summed E-state index contributed by atoms with van der Waals surface area (Å²) in [6.45, 7) is 4.32. The highest BCUT2D eigenvalue weighted by molar-refractivity contribution is 7.91. The molecule has 0 N–H and O–H groups in total. The molecule has 4 rings (SSSR count). The first kappa shape index (κ1) is 18.3. The highest BCUT2D eigenvalue weighted by Crippen LogP contribution is 2.36. The van der Waals surface area contributed by atoms with Crippen LogP contribution in [0, 0.1) is 13.8 Å². The maximum Gasteiger partial charge on any atom is 0.325 e. The van der Waals surface area contributed by atoms with E-state index in [-0.39, 0.29) is 29.6 Å². The Labute approximate surface area is 164 Å². The van der Waals surface area contributed by atoms with E-state index in [4.69, 9.17) is 11.6 Å². The molecule has 7 heteroatoms. The maximum atomic E-state index is 13.3. The second kappa shape index (κ2) is 6.53. The molecule has 0 aromatic heterocycles. The Balaban J connectivity index is 1.72. The van der Waals surface area contributed by atoms with E-state index in [1.54, 1.807) is 21.9 Å². The Hall–Kier alpha value is -2.05. The Morgan fingerprint density at radius 1 is 1.00 bits per heavy atom. The van der Waals surface area contributed by atoms with Gasteiger partial charge >= 0.3 is 6.03 Å². The van der Waals surface area contributed by atoms with Gasteiger partial charge in [0.1, 0.15) is 0 Å². The van der Waals surface area contributed by atoms with Crippen molar-refractivity contribution >= 4 is 33.2 Å². The third kappa shape index (κ3) is 3.44. The predicted molar refractivity (Wildman–Crippen MR) is 107 cm³/mol. The van der Waals surface area contributed by atoms with Gasteiger partial charge in [0.15, 0.2) is 9.84 Å². The van der Waals surface area contributed by atoms with Gasteiger partial charge in [0.25, 0.3) is 0 Å². The molecule has 2 saturated heterocycles. The van der Waals surface area contributed by atoms with Crippen molar-refractivity contribution in [3.8, 4) is 0 Å². The van der Waals surface area contributed by atoms with Crippen LogP contribution in [-0.2, 0) is 16.4 Å². The second-order valence-electron chi connectivity index (χ2n) is 7.46. The van der Waals surface area contributed by atoms with Crippen molar-refractivity contribution in [1.82, 2.24) is 4.90 Å². The first-order valence-electron chi connectivity index (χ1n) is 8.86. The molecule has 0 radical (unpaired) electrons. The molecule has 0 bridgehead atoms. The summed E-state index contributed by atoms with van der Waals surface area (Å²) in [5.41, 5.74) is 3.79. The fourth-order valence-corrected chi connectivity index (χ4v) is 6.22. The van der Waals surface area contributed by atoms with Gasteiger partial charge in [-0.3, -0.25) is 4.90 Å². The van der Waals surface area contributed by atoms with E-state index < -0.39 is 9.84 Å². The Bertz CT molecular complexity index is 984. The van der Waals surface area contributed by atoms with E-state index in [1.165, 1.54) is 0 Å². The van der Waals surface area contributed by atoms with Crippen molar-refractivity contribution in [3.63, 3.8) is 0 Å². The minimum absolute atomic E-state index is 0.00745. The number of benzene rings is 2. The van der Waals surface area contributed by atoms with Gasteiger partial charge in [-0.15, -0.1) is 0 Å². The average molecular weight is 405 g/mol. The van der Waals surface area contributed by atoms with Gasteiger partial charge in [-0.25, -0.2) is 13.2 Å². The van der Waals surface area contributed by atoms with Crippen LogP contribution < -0.4 is 4.90 Å². The number of hydrogen-bond acceptors (Lipinski definition) is 3. The first-order chi connectivity index (χ1) is 12.7. The number of aryl methyl sites for hydroxylation is 2. The van der Waals surface area contributed by atoms with Crippen LogP contribution in [0.2, 0.25) is 5.02 Å². The summed E-state index contributed by atoms with van der Waals surface area (Å²) in [5.74, 6) is 0.0197. The molecule has 2 aliphatic heterocycles. The van der Waals surface area contributed by atoms with Crippen molar-refractivity contribution in [1.29, 1.82) is 0 Å². The summed E-state index contributed by atoms with van der Waals surface area (Å²) in [7, 11) is -3.18. The van der Waals surface area contributed by atoms with Crippen LogP contribution in [0.4, 0.5) is 10.5 Å². The summed E-state index contributed by atoms with van der Waals surface area (Å²) < 4.78 is 24.6. The summed E-state index contributed by atoms with van der Waals surface area (Å²) in [5, 5.41) is 0.629. The van der Waals surface area contributed by atoms with E-state index in [2.05, 4.69) is 0 Å². The molecule has 27 heavy (non-hydrogen) atoms. The topological polar surface area (TPSA) is 57.7 Å². The van der Waals surface area contributed by atoms with Gasteiger partial charge in [-0.1, -0.05) is 29.8 Å². The zero-order chi connectivity index (χ0) is 19.3. The summed E-state index contributed by atoms with van der Waals surface area (Å²) in [4.78, 5) is 16.6. The lowest BCUT2D eigenvalue weighted by Crippen LogP contribution is -2.37. The number of nitrogens with zero attached hydrogens (tertiary/aromatic N) is 2. The van der Waals surface area contributed by atoms with Gasteiger partial charge < -0.3 is 4.90 Å². The summed E-state index contributed by atoms with van der Waals surface area (Å²) >= 11 is 5.95. The Morgan fingerprint density at radius 3 is 2.22 bits per heavy atom. The normalized spacial score (nSPS) is 23.7. The molecular weight excluding hydrogens is 384 g/mol. The van der Waals surface area contributed by atoms with Gasteiger partial charge in [0, 0.05) is 17.3 Å². The Kier molecular flexibility index (Phi) is 4.43. The minimum Gasteiger partial charge on any atom is -0.314 e. The highest BCUT2D eigenvalue weighted by Gasteiger charge is 2.53. The SMILES string of the molecule is Cc1cc(C)cc(N2C(=O)N(Cc3ccc(Cl)cc3)[C@@H]3CS(=O)(=O)C[C@@H]32)c1. The van der Waals surface area contributed by atoms with E-state index in [0.29, 0.717) is 11.6 Å². The van der Waals surface area contributed by atoms with Crippen LogP contribution in [-0.4, -0.2) is 42.9 Å². The number of carbonyl (C=O) groups excluding carboxylic acids is 1. The zero-order valence-electron chi connectivity index (χ0n) is 15.2. The van der Waals surface area contributed by atoms with Gasteiger partial charge in [-0.2, -0.15) is 0 Å². The molecule has 2 heterocycles. The number of carbonyl (C=O) groups is 1. The number of urea groups is 1. The molecule has 142 valence electrons. The Morgan fingerprint density at radius 2 is 1.59 bits per heavy atom. The molecule has 0 spiro atoms. The third-order valence-corrected chi connectivity index (χ3v) is 7.18. The molecule has 2 aromatic carbocycles. The van der Waals surface area contributed by atoms with Crippen LogP contribution in [0.25, 0.3) is 0 Å². The third-order valence-electron chi connectivity index (χ3n) is 5.23. The molecule has 2 amide bonds. The number of hydrogen-bond donors (Lipinski definition) is 0. The number of sulfone groups is 1. The fourth-order valence-electron chi connectivity index (χ4n) is 4.14. The molecule has 0 saturated carbocycles. The maximum absolute atomic E-state index is 13.3. The number of halogens is 1. The van der Waals surface area contributed by atoms with Crippen LogP contribution in [0.3, 0.4) is 0 Å². The highest BCUT2D eigenvalue weighted by atomic mass is 35.5. The predicted octanol–water partition coefficient (Wildman–Crippen LogP) is 3.56. The van der Waals surface area contributed by atoms with Crippen LogP contribution in [0.1, 0.15) is 16.7 Å². The van der Waals surface area contributed by atoms with E-state index >= 15 is 0 Å². The summed E-state index contributed by atoms with van der Waals surface area (Å²) in [6.07, 6.45) is 0. The minimum atomic E-state index is -3.18. The van der Waals surface area contributed by atoms with Crippen molar-refractivity contribution in [3.05, 3.63) is 64.2 Å². The number of amides is 2. The summed E-state index contributed by atoms with van der Waals surface area (Å²) in [6, 6.07) is 12.4. The van der Waals surface area contributed by atoms with Crippen molar-refractivity contribution < 1.29 is 13.2 Å². The largest absolute Gasteiger partial charge is 0.325 e. The molecule has 0 aliphatic carbocycles. The van der Waals surface area contributed by atoms with Crippen LogP contribution >= 0.6 is 11.6 Å². The number of fused-ring (bicyclic) bond motifs is 1. The zero-order valence-corrected chi connectivity index (χ0v) is 16.8. The molecule has 5 nitrogen and oxygen atoms in total. The van der Waals surface area contributed by atoms with Crippen LogP contribution in [0.15, 0.2) is 42.5 Å². The van der Waals surface area contributed by atoms with E-state index in [9.17, 15) is 13.2 Å². The molecule has 2 fully saturated rings. The lowest BCUT2D eigenvalue weighted by Gasteiger charge is -2.23. The average Bonchev–Trinajstić information content (AvgIpc) is 2.99. The monoisotopic (exact) mass is 404 g/mol. The van der Waals surface area contributed by atoms with Gasteiger partial charge in [-0.05, 0) is 54.8 Å². The molecule has 0 unspecified atom stereocenters. The molecule has 2 atom stereocenters. The second-order valence-corrected chi connectivity index (χ2v) is 10.1. The van der Waals surface area contributed by atoms with Gasteiger partial charge in [0.2, 0.25) is 0 Å².